The third-order valence-corrected chi connectivity index (χ3v) is 4.23. The number of hydrogen-bond acceptors (Lipinski definition) is 4. The Balaban J connectivity index is 0.00000320. The first-order valence-corrected chi connectivity index (χ1v) is 8.78. The number of para-hydroxylation sites is 2. The largest absolute Gasteiger partial charge is 0.497 e. The molecule has 0 atom stereocenters. The molecule has 154 valence electrons. The minimum absolute atomic E-state index is 0. The van der Waals surface area contributed by atoms with Gasteiger partial charge in [0.15, 0.2) is 0 Å². The summed E-state index contributed by atoms with van der Waals surface area (Å²) in [6.07, 6.45) is 0. The Morgan fingerprint density at radius 1 is 0.767 bits per heavy atom. The molecule has 0 saturated heterocycles. The second-order valence-corrected chi connectivity index (χ2v) is 6.17. The predicted molar refractivity (Wildman–Crippen MR) is 120 cm³/mol. The van der Waals surface area contributed by atoms with E-state index in [1.165, 1.54) is 0 Å². The smallest absolute Gasteiger partial charge is 0.255 e. The fourth-order valence-corrected chi connectivity index (χ4v) is 2.63. The van der Waals surface area contributed by atoms with E-state index < -0.39 is 0 Å². The highest BCUT2D eigenvalue weighted by Crippen LogP contribution is 2.23. The van der Waals surface area contributed by atoms with Crippen molar-refractivity contribution in [3.05, 3.63) is 89.5 Å². The lowest BCUT2D eigenvalue weighted by molar-refractivity contribution is 0.101. The van der Waals surface area contributed by atoms with Gasteiger partial charge in [-0.15, -0.1) is 12.4 Å². The lowest BCUT2D eigenvalue weighted by Crippen LogP contribution is -2.17. The molecule has 0 fully saturated rings. The van der Waals surface area contributed by atoms with Crippen molar-refractivity contribution in [2.24, 2.45) is 5.73 Å². The van der Waals surface area contributed by atoms with Crippen molar-refractivity contribution in [3.8, 4) is 5.75 Å². The Labute approximate surface area is 180 Å². The zero-order valence-corrected chi connectivity index (χ0v) is 17.0. The van der Waals surface area contributed by atoms with Gasteiger partial charge in [-0.1, -0.05) is 24.3 Å². The highest BCUT2D eigenvalue weighted by molar-refractivity contribution is 6.10. The summed E-state index contributed by atoms with van der Waals surface area (Å²) in [5, 5.41) is 13.0. The Kier molecular flexibility index (Phi) is 7.55. The lowest BCUT2D eigenvalue weighted by Gasteiger charge is -2.13. The van der Waals surface area contributed by atoms with Crippen molar-refractivity contribution in [2.75, 3.05) is 17.7 Å². The number of anilines is 2. The first-order chi connectivity index (χ1) is 14.0. The number of nitrogens with two attached hydrogens (primary N) is 1. The normalized spacial score (nSPS) is 9.77. The number of ether oxygens (including phenoxy) is 1. The van der Waals surface area contributed by atoms with Crippen LogP contribution in [0.2, 0.25) is 0 Å². The van der Waals surface area contributed by atoms with Crippen LogP contribution in [0.5, 0.6) is 5.75 Å². The molecule has 5 N–H and O–H groups in total. The van der Waals surface area contributed by atoms with Gasteiger partial charge in [0, 0.05) is 16.7 Å². The number of methoxy groups -OCH3 is 1. The molecule has 0 saturated carbocycles. The molecule has 2 amide bonds. The van der Waals surface area contributed by atoms with E-state index in [9.17, 15) is 9.59 Å². The predicted octanol–water partition coefficient (Wildman–Crippen LogP) is 3.91. The van der Waals surface area contributed by atoms with Crippen LogP contribution in [0.25, 0.3) is 0 Å². The van der Waals surface area contributed by atoms with Crippen LogP contribution in [0.3, 0.4) is 0 Å². The van der Waals surface area contributed by atoms with E-state index in [0.29, 0.717) is 33.8 Å². The number of carbonyl (C=O) groups is 2. The first kappa shape index (κ1) is 22.4. The summed E-state index contributed by atoms with van der Waals surface area (Å²) in [5.74, 6) is -0.0556. The molecule has 0 unspecified atom stereocenters. The Hall–Kier alpha value is -3.84. The molecule has 0 spiro atoms. The van der Waals surface area contributed by atoms with Crippen molar-refractivity contribution in [3.63, 3.8) is 0 Å². The summed E-state index contributed by atoms with van der Waals surface area (Å²) >= 11 is 0. The van der Waals surface area contributed by atoms with Crippen LogP contribution in [0.4, 0.5) is 11.4 Å². The van der Waals surface area contributed by atoms with Crippen LogP contribution < -0.4 is 21.1 Å². The number of nitrogen functional groups attached to an aromatic ring is 1. The van der Waals surface area contributed by atoms with Gasteiger partial charge in [-0.25, -0.2) is 0 Å². The van der Waals surface area contributed by atoms with E-state index >= 15 is 0 Å². The van der Waals surface area contributed by atoms with Gasteiger partial charge in [-0.05, 0) is 48.5 Å². The quantitative estimate of drug-likeness (QED) is 0.354. The number of halogens is 1. The Bertz CT molecular complexity index is 1050. The molecule has 30 heavy (non-hydrogen) atoms. The first-order valence-electron chi connectivity index (χ1n) is 8.78. The summed E-state index contributed by atoms with van der Waals surface area (Å²) in [5.41, 5.74) is 7.78. The number of hydrogen-bond donors (Lipinski definition) is 4. The minimum atomic E-state index is -0.341. The van der Waals surface area contributed by atoms with Gasteiger partial charge in [-0.2, -0.15) is 0 Å². The number of nitrogens with one attached hydrogen (secondary N) is 3. The summed E-state index contributed by atoms with van der Waals surface area (Å²) in [6.45, 7) is 0. The average molecular weight is 425 g/mol. The molecular formula is C22H21ClN4O3. The van der Waals surface area contributed by atoms with E-state index in [-0.39, 0.29) is 30.1 Å². The second kappa shape index (κ2) is 10.1. The molecule has 3 aromatic carbocycles. The number of amidine groups is 1. The highest BCUT2D eigenvalue weighted by atomic mass is 35.5. The van der Waals surface area contributed by atoms with E-state index in [4.69, 9.17) is 15.9 Å². The monoisotopic (exact) mass is 424 g/mol. The van der Waals surface area contributed by atoms with Gasteiger partial charge in [0.2, 0.25) is 0 Å². The molecule has 3 rings (SSSR count). The van der Waals surface area contributed by atoms with Crippen molar-refractivity contribution in [2.45, 2.75) is 0 Å². The van der Waals surface area contributed by atoms with E-state index in [2.05, 4.69) is 10.6 Å². The molecule has 8 heteroatoms. The van der Waals surface area contributed by atoms with Gasteiger partial charge >= 0.3 is 0 Å². The highest BCUT2D eigenvalue weighted by Gasteiger charge is 2.12. The molecular weight excluding hydrogens is 404 g/mol. The third kappa shape index (κ3) is 5.36. The molecule has 0 aliphatic carbocycles. The Morgan fingerprint density at radius 2 is 1.17 bits per heavy atom. The zero-order chi connectivity index (χ0) is 20.8. The summed E-state index contributed by atoms with van der Waals surface area (Å²) in [6, 6.07) is 20.0. The molecule has 7 nitrogen and oxygen atoms in total. The van der Waals surface area contributed by atoms with Gasteiger partial charge in [0.1, 0.15) is 11.6 Å². The fraction of sp³-hybridized carbons (Fsp3) is 0.0455. The molecule has 0 radical (unpaired) electrons. The van der Waals surface area contributed by atoms with Gasteiger partial charge in [0.25, 0.3) is 11.8 Å². The van der Waals surface area contributed by atoms with Crippen molar-refractivity contribution in [1.29, 1.82) is 5.41 Å². The molecule has 0 bridgehead atoms. The molecule has 3 aromatic rings. The van der Waals surface area contributed by atoms with E-state index in [0.717, 1.165) is 0 Å². The van der Waals surface area contributed by atoms with Crippen LogP contribution in [-0.2, 0) is 0 Å². The second-order valence-electron chi connectivity index (χ2n) is 6.17. The number of rotatable bonds is 6. The summed E-state index contributed by atoms with van der Waals surface area (Å²) < 4.78 is 5.09. The van der Waals surface area contributed by atoms with Crippen LogP contribution >= 0.6 is 12.4 Å². The van der Waals surface area contributed by atoms with Crippen LogP contribution in [-0.4, -0.2) is 24.8 Å². The van der Waals surface area contributed by atoms with E-state index in [1.54, 1.807) is 79.9 Å². The van der Waals surface area contributed by atoms with Gasteiger partial charge < -0.3 is 21.1 Å². The maximum absolute atomic E-state index is 12.6. The average Bonchev–Trinajstić information content (AvgIpc) is 2.75. The topological polar surface area (TPSA) is 117 Å². The maximum atomic E-state index is 12.6. The standard InChI is InChI=1S/C22H20N4O3.ClH/c1-29-17-12-10-16(11-13-17)22(28)26-19-5-3-2-4-18(19)25-21(27)15-8-6-14(7-9-15)20(23)24;/h2-13H,1H3,(H3,23,24)(H,25,27)(H,26,28);1H. The van der Waals surface area contributed by atoms with Crippen molar-refractivity contribution >= 4 is 41.4 Å². The van der Waals surface area contributed by atoms with Gasteiger partial charge in [0.05, 0.1) is 18.5 Å². The van der Waals surface area contributed by atoms with E-state index in [1.807, 2.05) is 0 Å². The van der Waals surface area contributed by atoms with Crippen molar-refractivity contribution in [1.82, 2.24) is 0 Å². The van der Waals surface area contributed by atoms with Gasteiger partial charge in [-0.3, -0.25) is 15.0 Å². The van der Waals surface area contributed by atoms with Crippen LogP contribution in [0.15, 0.2) is 72.8 Å². The Morgan fingerprint density at radius 3 is 1.57 bits per heavy atom. The minimum Gasteiger partial charge on any atom is -0.497 e. The van der Waals surface area contributed by atoms with Crippen molar-refractivity contribution < 1.29 is 14.3 Å². The molecule has 0 aliphatic rings. The number of carbonyl (C=O) groups excluding carboxylic acids is 2. The summed E-state index contributed by atoms with van der Waals surface area (Å²) in [7, 11) is 1.56. The molecule has 0 aromatic heterocycles. The van der Waals surface area contributed by atoms with Crippen LogP contribution in [0.1, 0.15) is 26.3 Å². The SMILES string of the molecule is COc1ccc(C(=O)Nc2ccccc2NC(=O)c2ccc(C(=N)N)cc2)cc1.Cl. The summed E-state index contributed by atoms with van der Waals surface area (Å²) in [4.78, 5) is 25.1. The van der Waals surface area contributed by atoms with Crippen LogP contribution in [0, 0.1) is 5.41 Å². The molecule has 0 aliphatic heterocycles. The zero-order valence-electron chi connectivity index (χ0n) is 16.1. The third-order valence-electron chi connectivity index (χ3n) is 4.23. The fourth-order valence-electron chi connectivity index (χ4n) is 2.63. The molecule has 0 heterocycles. The lowest BCUT2D eigenvalue weighted by atomic mass is 10.1. The number of benzene rings is 3. The number of amides is 2. The maximum Gasteiger partial charge on any atom is 0.255 e.